The molecule has 6 heteroatoms. The summed E-state index contributed by atoms with van der Waals surface area (Å²) in [5, 5.41) is 2.97. The summed E-state index contributed by atoms with van der Waals surface area (Å²) in [6.07, 6.45) is 2.59. The lowest BCUT2D eigenvalue weighted by Gasteiger charge is -2.17. The average Bonchev–Trinajstić information content (AvgIpc) is 3.39. The van der Waals surface area contributed by atoms with Crippen molar-refractivity contribution in [1.29, 1.82) is 0 Å². The highest BCUT2D eigenvalue weighted by molar-refractivity contribution is 7.17. The summed E-state index contributed by atoms with van der Waals surface area (Å²) in [5.41, 5.74) is 4.85. The Morgan fingerprint density at radius 3 is 2.71 bits per heavy atom. The number of aryl methyl sites for hydroxylation is 2. The number of hydrogen-bond donors (Lipinski definition) is 1. The minimum atomic E-state index is -0.461. The molecule has 1 aliphatic heterocycles. The average molecular weight is 433 g/mol. The van der Waals surface area contributed by atoms with Crippen LogP contribution in [0.3, 0.4) is 0 Å². The van der Waals surface area contributed by atoms with Gasteiger partial charge >= 0.3 is 0 Å². The van der Waals surface area contributed by atoms with Gasteiger partial charge in [0.25, 0.3) is 5.91 Å². The van der Waals surface area contributed by atoms with Gasteiger partial charge in [0.2, 0.25) is 5.91 Å². The third-order valence-corrected chi connectivity index (χ3v) is 7.30. The predicted molar refractivity (Wildman–Crippen MR) is 121 cm³/mol. The predicted octanol–water partition coefficient (Wildman–Crippen LogP) is 4.05. The molecule has 0 saturated carbocycles. The summed E-state index contributed by atoms with van der Waals surface area (Å²) in [6.45, 7) is 1.18. The maximum atomic E-state index is 12.9. The standard InChI is InChI=1S/C25H24N2O3S/c1-30-19-10-6-16(7-11-19)15-27-13-12-21(25(27)29)26-24(28)22-14-18-9-8-17-4-2-3-5-20(17)23(18)31-22/h2-7,10-11,14,21H,8-9,12-13,15H2,1H3,(H,26,28)/t21-/m0/s1. The summed E-state index contributed by atoms with van der Waals surface area (Å²) < 4.78 is 5.19. The third-order valence-electron chi connectivity index (χ3n) is 6.09. The molecule has 3 aromatic rings. The van der Waals surface area contributed by atoms with E-state index in [-0.39, 0.29) is 11.8 Å². The second-order valence-electron chi connectivity index (χ2n) is 8.04. The number of fused-ring (bicyclic) bond motifs is 3. The van der Waals surface area contributed by atoms with Crippen molar-refractivity contribution in [2.45, 2.75) is 31.8 Å². The topological polar surface area (TPSA) is 58.6 Å². The Morgan fingerprint density at radius 1 is 1.13 bits per heavy atom. The molecule has 0 unspecified atom stereocenters. The van der Waals surface area contributed by atoms with Gasteiger partial charge in [-0.3, -0.25) is 9.59 Å². The van der Waals surface area contributed by atoms with E-state index in [1.165, 1.54) is 32.9 Å². The Labute approximate surface area is 185 Å². The number of thiophene rings is 1. The molecule has 1 aromatic heterocycles. The Hall–Kier alpha value is -3.12. The zero-order valence-corrected chi connectivity index (χ0v) is 18.2. The number of rotatable bonds is 5. The number of ether oxygens (including phenoxy) is 1. The van der Waals surface area contributed by atoms with Gasteiger partial charge in [-0.2, -0.15) is 0 Å². The van der Waals surface area contributed by atoms with Crippen LogP contribution in [-0.4, -0.2) is 36.4 Å². The quantitative estimate of drug-likeness (QED) is 0.662. The molecule has 1 atom stereocenters. The number of hydrogen-bond acceptors (Lipinski definition) is 4. The van der Waals surface area contributed by atoms with Crippen LogP contribution in [0.1, 0.15) is 32.8 Å². The molecule has 0 radical (unpaired) electrons. The van der Waals surface area contributed by atoms with E-state index in [4.69, 9.17) is 4.74 Å². The fraction of sp³-hybridized carbons (Fsp3) is 0.280. The van der Waals surface area contributed by atoms with E-state index >= 15 is 0 Å². The molecule has 1 fully saturated rings. The smallest absolute Gasteiger partial charge is 0.262 e. The van der Waals surface area contributed by atoms with Gasteiger partial charge in [-0.1, -0.05) is 36.4 Å². The van der Waals surface area contributed by atoms with Crippen LogP contribution in [0.25, 0.3) is 10.4 Å². The van der Waals surface area contributed by atoms with Crippen molar-refractivity contribution in [3.8, 4) is 16.2 Å². The molecule has 2 amide bonds. The van der Waals surface area contributed by atoms with E-state index in [0.717, 1.165) is 24.2 Å². The zero-order valence-electron chi connectivity index (χ0n) is 17.4. The number of nitrogens with zero attached hydrogens (tertiary/aromatic N) is 1. The molecule has 1 saturated heterocycles. The molecule has 2 aromatic carbocycles. The van der Waals surface area contributed by atoms with E-state index in [1.54, 1.807) is 7.11 Å². The minimum absolute atomic E-state index is 0.0177. The van der Waals surface area contributed by atoms with E-state index in [0.29, 0.717) is 24.4 Å². The van der Waals surface area contributed by atoms with Crippen LogP contribution in [0.15, 0.2) is 54.6 Å². The first-order valence-corrected chi connectivity index (χ1v) is 11.4. The second-order valence-corrected chi connectivity index (χ2v) is 9.10. The fourth-order valence-electron chi connectivity index (χ4n) is 4.39. The summed E-state index contributed by atoms with van der Waals surface area (Å²) in [6, 6.07) is 17.7. The highest BCUT2D eigenvalue weighted by atomic mass is 32.1. The van der Waals surface area contributed by atoms with Crippen molar-refractivity contribution in [3.05, 3.63) is 76.2 Å². The van der Waals surface area contributed by atoms with Gasteiger partial charge in [0.05, 0.1) is 12.0 Å². The molecule has 0 bridgehead atoms. The molecule has 5 nitrogen and oxygen atoms in total. The number of carbonyl (C=O) groups excluding carboxylic acids is 2. The van der Waals surface area contributed by atoms with Gasteiger partial charge in [0.1, 0.15) is 11.8 Å². The number of carbonyl (C=O) groups is 2. The van der Waals surface area contributed by atoms with Gasteiger partial charge in [-0.15, -0.1) is 11.3 Å². The summed E-state index contributed by atoms with van der Waals surface area (Å²) in [7, 11) is 1.63. The Kier molecular flexibility index (Phi) is 5.24. The normalized spacial score (nSPS) is 17.3. The number of amides is 2. The van der Waals surface area contributed by atoms with Gasteiger partial charge in [-0.25, -0.2) is 0 Å². The molecule has 5 rings (SSSR count). The zero-order chi connectivity index (χ0) is 21.4. The summed E-state index contributed by atoms with van der Waals surface area (Å²) in [4.78, 5) is 29.5. The monoisotopic (exact) mass is 432 g/mol. The third kappa shape index (κ3) is 3.83. The first-order chi connectivity index (χ1) is 15.1. The lowest BCUT2D eigenvalue weighted by molar-refractivity contribution is -0.129. The molecule has 1 aliphatic carbocycles. The number of likely N-dealkylation sites (tertiary alicyclic amines) is 1. The SMILES string of the molecule is COc1ccc(CN2CC[C@H](NC(=O)c3cc4c(s3)-c3ccccc3CC4)C2=O)cc1. The van der Waals surface area contributed by atoms with Crippen LogP contribution >= 0.6 is 11.3 Å². The van der Waals surface area contributed by atoms with Crippen molar-refractivity contribution in [2.24, 2.45) is 0 Å². The molecule has 2 heterocycles. The molecule has 31 heavy (non-hydrogen) atoms. The van der Waals surface area contributed by atoms with Crippen molar-refractivity contribution >= 4 is 23.2 Å². The van der Waals surface area contributed by atoms with E-state index < -0.39 is 6.04 Å². The molecule has 158 valence electrons. The highest BCUT2D eigenvalue weighted by Crippen LogP contribution is 2.39. The first-order valence-electron chi connectivity index (χ1n) is 10.6. The van der Waals surface area contributed by atoms with Crippen LogP contribution in [0, 0.1) is 0 Å². The van der Waals surface area contributed by atoms with Crippen molar-refractivity contribution in [3.63, 3.8) is 0 Å². The molecule has 1 N–H and O–H groups in total. The maximum Gasteiger partial charge on any atom is 0.262 e. The molecular weight excluding hydrogens is 408 g/mol. The Bertz CT molecular complexity index is 1140. The van der Waals surface area contributed by atoms with Crippen LogP contribution in [0.4, 0.5) is 0 Å². The Balaban J connectivity index is 1.25. The van der Waals surface area contributed by atoms with Crippen molar-refractivity contribution in [1.82, 2.24) is 10.2 Å². The van der Waals surface area contributed by atoms with E-state index in [9.17, 15) is 9.59 Å². The van der Waals surface area contributed by atoms with Crippen LogP contribution in [0.5, 0.6) is 5.75 Å². The molecular formula is C25H24N2O3S. The van der Waals surface area contributed by atoms with E-state index in [1.807, 2.05) is 41.3 Å². The van der Waals surface area contributed by atoms with Gasteiger partial charge < -0.3 is 15.0 Å². The van der Waals surface area contributed by atoms with E-state index in [2.05, 4.69) is 23.5 Å². The number of methoxy groups -OCH3 is 1. The minimum Gasteiger partial charge on any atom is -0.497 e. The first kappa shape index (κ1) is 19.8. The van der Waals surface area contributed by atoms with Crippen molar-refractivity contribution < 1.29 is 14.3 Å². The Morgan fingerprint density at radius 2 is 1.90 bits per heavy atom. The fourth-order valence-corrected chi connectivity index (χ4v) is 5.57. The van der Waals surface area contributed by atoms with Crippen LogP contribution < -0.4 is 10.1 Å². The van der Waals surface area contributed by atoms with Gasteiger partial charge in [-0.05, 0) is 59.7 Å². The highest BCUT2D eigenvalue weighted by Gasteiger charge is 2.33. The largest absolute Gasteiger partial charge is 0.497 e. The van der Waals surface area contributed by atoms with Gasteiger partial charge in [0, 0.05) is 18.0 Å². The molecule has 0 spiro atoms. The van der Waals surface area contributed by atoms with Gasteiger partial charge in [0.15, 0.2) is 0 Å². The summed E-state index contributed by atoms with van der Waals surface area (Å²) in [5.74, 6) is 0.625. The number of nitrogens with one attached hydrogen (secondary N) is 1. The number of benzene rings is 2. The maximum absolute atomic E-state index is 12.9. The second kappa shape index (κ2) is 8.19. The van der Waals surface area contributed by atoms with Crippen LogP contribution in [0.2, 0.25) is 0 Å². The lowest BCUT2D eigenvalue weighted by Crippen LogP contribution is -2.41. The lowest BCUT2D eigenvalue weighted by atomic mass is 9.91. The van der Waals surface area contributed by atoms with Crippen LogP contribution in [-0.2, 0) is 24.2 Å². The van der Waals surface area contributed by atoms with Crippen molar-refractivity contribution in [2.75, 3.05) is 13.7 Å². The molecule has 2 aliphatic rings. The summed E-state index contributed by atoms with van der Waals surface area (Å²) >= 11 is 1.53.